The summed E-state index contributed by atoms with van der Waals surface area (Å²) in [4.78, 5) is 8.82. The summed E-state index contributed by atoms with van der Waals surface area (Å²) >= 11 is 0. The van der Waals surface area contributed by atoms with Crippen molar-refractivity contribution in [2.45, 2.75) is 65.3 Å². The van der Waals surface area contributed by atoms with Gasteiger partial charge >= 0.3 is 0 Å². The Balaban J connectivity index is 2.20. The minimum Gasteiger partial charge on any atom is -0.389 e. The lowest BCUT2D eigenvalue weighted by Crippen LogP contribution is -2.41. The number of aryl methyl sites for hydroxylation is 1. The SMILES string of the molecule is CCC(CCNc1nc2ccc(C)cc2cc1C(N)=NC(C)O)NCC(C)(C)O. The highest BCUT2D eigenvalue weighted by molar-refractivity contribution is 6.04. The smallest absolute Gasteiger partial charge is 0.144 e. The average molecular weight is 402 g/mol. The van der Waals surface area contributed by atoms with Crippen LogP contribution in [0.3, 0.4) is 0 Å². The maximum Gasteiger partial charge on any atom is 0.144 e. The van der Waals surface area contributed by atoms with Crippen molar-refractivity contribution in [1.29, 1.82) is 0 Å². The number of nitrogens with zero attached hydrogens (tertiary/aromatic N) is 2. The fourth-order valence-electron chi connectivity index (χ4n) is 3.11. The van der Waals surface area contributed by atoms with Crippen LogP contribution in [0.15, 0.2) is 29.3 Å². The molecule has 6 N–H and O–H groups in total. The zero-order chi connectivity index (χ0) is 21.6. The van der Waals surface area contributed by atoms with Gasteiger partial charge in [-0.1, -0.05) is 18.6 Å². The lowest BCUT2D eigenvalue weighted by atomic mass is 10.1. The van der Waals surface area contributed by atoms with Crippen LogP contribution in [0.2, 0.25) is 0 Å². The van der Waals surface area contributed by atoms with E-state index >= 15 is 0 Å². The molecule has 0 fully saturated rings. The average Bonchev–Trinajstić information content (AvgIpc) is 2.62. The van der Waals surface area contributed by atoms with Crippen molar-refractivity contribution in [3.05, 3.63) is 35.4 Å². The molecule has 0 bridgehead atoms. The number of hydrogen-bond donors (Lipinski definition) is 5. The van der Waals surface area contributed by atoms with Crippen LogP contribution >= 0.6 is 0 Å². The summed E-state index contributed by atoms with van der Waals surface area (Å²) in [5.41, 5.74) is 8.11. The molecule has 0 amide bonds. The number of pyridine rings is 1. The van der Waals surface area contributed by atoms with Crippen LogP contribution in [-0.2, 0) is 0 Å². The minimum absolute atomic E-state index is 0.255. The Hall–Kier alpha value is -2.22. The molecule has 2 unspecified atom stereocenters. The molecule has 7 nitrogen and oxygen atoms in total. The van der Waals surface area contributed by atoms with E-state index in [1.165, 1.54) is 0 Å². The molecular weight excluding hydrogens is 366 g/mol. The topological polar surface area (TPSA) is 116 Å². The molecule has 7 heteroatoms. The quantitative estimate of drug-likeness (QED) is 0.309. The predicted octanol–water partition coefficient (Wildman–Crippen LogP) is 2.53. The van der Waals surface area contributed by atoms with E-state index < -0.39 is 11.8 Å². The van der Waals surface area contributed by atoms with E-state index in [1.54, 1.807) is 20.8 Å². The molecule has 2 aromatic rings. The minimum atomic E-state index is -0.883. The van der Waals surface area contributed by atoms with E-state index in [9.17, 15) is 10.2 Å². The van der Waals surface area contributed by atoms with E-state index in [2.05, 4.69) is 28.6 Å². The highest BCUT2D eigenvalue weighted by Gasteiger charge is 2.16. The van der Waals surface area contributed by atoms with Gasteiger partial charge in [0.1, 0.15) is 17.9 Å². The van der Waals surface area contributed by atoms with Crippen LogP contribution in [-0.4, -0.2) is 52.0 Å². The van der Waals surface area contributed by atoms with Crippen LogP contribution in [0.5, 0.6) is 0 Å². The largest absolute Gasteiger partial charge is 0.389 e. The first-order valence-electron chi connectivity index (χ1n) is 10.2. The monoisotopic (exact) mass is 401 g/mol. The number of aromatic nitrogens is 1. The number of rotatable bonds is 10. The lowest BCUT2D eigenvalue weighted by Gasteiger charge is -2.23. The van der Waals surface area contributed by atoms with Gasteiger partial charge in [0.2, 0.25) is 0 Å². The number of aliphatic imine (C=N–C) groups is 1. The third kappa shape index (κ3) is 7.27. The molecule has 0 saturated carbocycles. The number of fused-ring (bicyclic) bond motifs is 1. The zero-order valence-corrected chi connectivity index (χ0v) is 18.2. The van der Waals surface area contributed by atoms with Gasteiger partial charge in [-0.3, -0.25) is 0 Å². The summed E-state index contributed by atoms with van der Waals surface area (Å²) in [5.74, 6) is 0.909. The number of hydrogen-bond acceptors (Lipinski definition) is 6. The molecule has 0 spiro atoms. The van der Waals surface area contributed by atoms with Gasteiger partial charge in [0.25, 0.3) is 0 Å². The molecule has 2 atom stereocenters. The Morgan fingerprint density at radius 2 is 2.03 bits per heavy atom. The molecule has 2 rings (SSSR count). The summed E-state index contributed by atoms with van der Waals surface area (Å²) in [6.07, 6.45) is 0.944. The van der Waals surface area contributed by atoms with Crippen LogP contribution in [0.1, 0.15) is 51.7 Å². The van der Waals surface area contributed by atoms with Gasteiger partial charge in [0, 0.05) is 24.5 Å². The first-order chi connectivity index (χ1) is 13.6. The van der Waals surface area contributed by atoms with Gasteiger partial charge in [0.05, 0.1) is 16.7 Å². The third-order valence-electron chi connectivity index (χ3n) is 4.67. The van der Waals surface area contributed by atoms with Gasteiger partial charge < -0.3 is 26.6 Å². The molecule has 160 valence electrons. The first-order valence-corrected chi connectivity index (χ1v) is 10.2. The molecule has 0 radical (unpaired) electrons. The highest BCUT2D eigenvalue weighted by Crippen LogP contribution is 2.22. The predicted molar refractivity (Wildman–Crippen MR) is 120 cm³/mol. The molecule has 0 aliphatic heterocycles. The Bertz CT molecular complexity index is 843. The van der Waals surface area contributed by atoms with Gasteiger partial charge in [0.15, 0.2) is 0 Å². The van der Waals surface area contributed by atoms with Crippen LogP contribution in [0, 0.1) is 6.92 Å². The Kier molecular flexibility index (Phi) is 7.96. The maximum atomic E-state index is 9.92. The number of benzene rings is 1. The summed E-state index contributed by atoms with van der Waals surface area (Å²) < 4.78 is 0. The van der Waals surface area contributed by atoms with Crippen molar-refractivity contribution >= 4 is 22.6 Å². The van der Waals surface area contributed by atoms with Crippen LogP contribution in [0.25, 0.3) is 10.9 Å². The summed E-state index contributed by atoms with van der Waals surface area (Å²) in [6.45, 7) is 10.5. The van der Waals surface area contributed by atoms with Crippen molar-refractivity contribution in [3.63, 3.8) is 0 Å². The fraction of sp³-hybridized carbons (Fsp3) is 0.545. The Morgan fingerprint density at radius 3 is 2.66 bits per heavy atom. The van der Waals surface area contributed by atoms with Crippen molar-refractivity contribution < 1.29 is 10.2 Å². The van der Waals surface area contributed by atoms with Gasteiger partial charge in [-0.05, 0) is 58.7 Å². The van der Waals surface area contributed by atoms with E-state index in [4.69, 9.17) is 10.7 Å². The van der Waals surface area contributed by atoms with Crippen molar-refractivity contribution in [1.82, 2.24) is 10.3 Å². The number of aliphatic hydroxyl groups is 2. The number of anilines is 1. The first kappa shape index (κ1) is 23.1. The molecule has 0 aliphatic rings. The summed E-state index contributed by atoms with van der Waals surface area (Å²) in [7, 11) is 0. The van der Waals surface area contributed by atoms with Crippen molar-refractivity contribution in [2.75, 3.05) is 18.4 Å². The Morgan fingerprint density at radius 1 is 1.31 bits per heavy atom. The van der Waals surface area contributed by atoms with Gasteiger partial charge in [-0.15, -0.1) is 0 Å². The molecular formula is C22H35N5O2. The van der Waals surface area contributed by atoms with E-state index in [1.807, 2.05) is 25.1 Å². The maximum absolute atomic E-state index is 9.92. The van der Waals surface area contributed by atoms with E-state index in [0.717, 1.165) is 29.3 Å². The third-order valence-corrected chi connectivity index (χ3v) is 4.67. The molecule has 0 saturated heterocycles. The second-order valence-corrected chi connectivity index (χ2v) is 8.24. The van der Waals surface area contributed by atoms with E-state index in [-0.39, 0.29) is 11.9 Å². The second kappa shape index (κ2) is 10.0. The molecule has 0 aliphatic carbocycles. The van der Waals surface area contributed by atoms with Crippen molar-refractivity contribution in [2.24, 2.45) is 10.7 Å². The number of nitrogens with one attached hydrogen (secondary N) is 2. The molecule has 1 heterocycles. The number of nitrogens with two attached hydrogens (primary N) is 1. The molecule has 1 aromatic heterocycles. The second-order valence-electron chi connectivity index (χ2n) is 8.24. The van der Waals surface area contributed by atoms with Gasteiger partial charge in [-0.25, -0.2) is 9.98 Å². The number of aliphatic hydroxyl groups excluding tert-OH is 1. The number of amidine groups is 1. The standard InChI is InChI=1S/C22H35N5O2/c1-6-17(25-13-22(4,5)29)9-10-24-21-18(20(23)26-15(3)28)12-16-11-14(2)7-8-19(16)27-21/h7-8,11-12,15,17,25,28-29H,6,9-10,13H2,1-5H3,(H2,23,26)(H,24,27). The zero-order valence-electron chi connectivity index (χ0n) is 18.2. The van der Waals surface area contributed by atoms with Gasteiger partial charge in [-0.2, -0.15) is 0 Å². The lowest BCUT2D eigenvalue weighted by molar-refractivity contribution is 0.0759. The molecule has 1 aromatic carbocycles. The van der Waals surface area contributed by atoms with Crippen molar-refractivity contribution in [3.8, 4) is 0 Å². The summed E-state index contributed by atoms with van der Waals surface area (Å²) in [6, 6.07) is 8.31. The molecule has 29 heavy (non-hydrogen) atoms. The highest BCUT2D eigenvalue weighted by atomic mass is 16.3. The summed E-state index contributed by atoms with van der Waals surface area (Å²) in [5, 5.41) is 27.3. The van der Waals surface area contributed by atoms with Crippen LogP contribution < -0.4 is 16.4 Å². The Labute approximate surface area is 173 Å². The van der Waals surface area contributed by atoms with E-state index in [0.29, 0.717) is 24.5 Å². The fourth-order valence-corrected chi connectivity index (χ4v) is 3.11. The normalized spacial score (nSPS) is 14.8. The van der Waals surface area contributed by atoms with Crippen LogP contribution in [0.4, 0.5) is 5.82 Å².